The van der Waals surface area contributed by atoms with Gasteiger partial charge in [-0.1, -0.05) is 25.4 Å². The summed E-state index contributed by atoms with van der Waals surface area (Å²) in [6, 6.07) is 4.24. The molecular formula is C21H24ClF2N5O2. The Morgan fingerprint density at radius 1 is 1.26 bits per heavy atom. The lowest BCUT2D eigenvalue weighted by molar-refractivity contribution is -0.118. The standard InChI is InChI=1S/C21H24ClF2N5O2/c1-11(2)20(30)28-17-8-13(6-12(3)26-17)21(31)27-15-4-5-29(10-15)19-16(22)7-14(9-25-19)18(23)24/h6-9,11,15,18H,4-5,10H2,1-3H3,(H,27,31)(H,26,28,30)/t15-/m1/s1. The van der Waals surface area contributed by atoms with E-state index in [2.05, 4.69) is 20.6 Å². The van der Waals surface area contributed by atoms with Crippen molar-refractivity contribution in [2.75, 3.05) is 23.3 Å². The molecule has 1 saturated heterocycles. The Bertz CT molecular complexity index is 986. The monoisotopic (exact) mass is 451 g/mol. The molecule has 3 heterocycles. The Hall–Kier alpha value is -2.81. The van der Waals surface area contributed by atoms with Crippen molar-refractivity contribution < 1.29 is 18.4 Å². The maximum absolute atomic E-state index is 12.8. The maximum Gasteiger partial charge on any atom is 0.265 e. The number of aromatic nitrogens is 2. The zero-order valence-electron chi connectivity index (χ0n) is 17.5. The van der Waals surface area contributed by atoms with Crippen molar-refractivity contribution in [2.24, 2.45) is 5.92 Å². The molecule has 3 rings (SSSR count). The highest BCUT2D eigenvalue weighted by Crippen LogP contribution is 2.30. The van der Waals surface area contributed by atoms with Crippen molar-refractivity contribution in [3.8, 4) is 0 Å². The van der Waals surface area contributed by atoms with Crippen LogP contribution in [0.25, 0.3) is 0 Å². The SMILES string of the molecule is Cc1cc(C(=O)N[C@@H]2CCN(c3ncc(C(F)F)cc3Cl)C2)cc(NC(=O)C(C)C)n1. The number of rotatable bonds is 6. The number of alkyl halides is 2. The Kier molecular flexibility index (Phi) is 7.04. The predicted octanol–water partition coefficient (Wildman–Crippen LogP) is 3.98. The van der Waals surface area contributed by atoms with Crippen molar-refractivity contribution in [1.82, 2.24) is 15.3 Å². The summed E-state index contributed by atoms with van der Waals surface area (Å²) >= 11 is 6.14. The van der Waals surface area contributed by atoms with Gasteiger partial charge in [0.15, 0.2) is 0 Å². The number of hydrogen-bond acceptors (Lipinski definition) is 5. The molecule has 0 saturated carbocycles. The zero-order valence-corrected chi connectivity index (χ0v) is 18.2. The summed E-state index contributed by atoms with van der Waals surface area (Å²) in [5, 5.41) is 5.82. The zero-order chi connectivity index (χ0) is 22.7. The molecule has 2 aromatic rings. The summed E-state index contributed by atoms with van der Waals surface area (Å²) in [5.41, 5.74) is 0.767. The number of nitrogens with zero attached hydrogens (tertiary/aromatic N) is 3. The smallest absolute Gasteiger partial charge is 0.265 e. The summed E-state index contributed by atoms with van der Waals surface area (Å²) < 4.78 is 25.6. The van der Waals surface area contributed by atoms with Gasteiger partial charge >= 0.3 is 0 Å². The second-order valence-electron chi connectivity index (χ2n) is 7.81. The van der Waals surface area contributed by atoms with Gasteiger partial charge in [0.1, 0.15) is 11.6 Å². The van der Waals surface area contributed by atoms with Gasteiger partial charge in [-0.3, -0.25) is 9.59 Å². The largest absolute Gasteiger partial charge is 0.353 e. The Morgan fingerprint density at radius 2 is 2.00 bits per heavy atom. The van der Waals surface area contributed by atoms with Crippen LogP contribution in [-0.2, 0) is 4.79 Å². The fourth-order valence-corrected chi connectivity index (χ4v) is 3.57. The highest BCUT2D eigenvalue weighted by molar-refractivity contribution is 6.33. The molecule has 31 heavy (non-hydrogen) atoms. The molecule has 1 fully saturated rings. The van der Waals surface area contributed by atoms with E-state index in [0.717, 1.165) is 6.20 Å². The summed E-state index contributed by atoms with van der Waals surface area (Å²) in [4.78, 5) is 34.9. The molecule has 1 atom stereocenters. The van der Waals surface area contributed by atoms with Gasteiger partial charge in [0.25, 0.3) is 12.3 Å². The minimum atomic E-state index is -2.64. The second kappa shape index (κ2) is 9.55. The van der Waals surface area contributed by atoms with Crippen LogP contribution in [0.3, 0.4) is 0 Å². The van der Waals surface area contributed by atoms with Crippen LogP contribution in [0.5, 0.6) is 0 Å². The van der Waals surface area contributed by atoms with E-state index < -0.39 is 6.43 Å². The lowest BCUT2D eigenvalue weighted by Gasteiger charge is -2.19. The summed E-state index contributed by atoms with van der Waals surface area (Å²) in [7, 11) is 0. The minimum absolute atomic E-state index is 0.153. The van der Waals surface area contributed by atoms with E-state index in [4.69, 9.17) is 11.6 Å². The molecule has 2 aromatic heterocycles. The molecule has 10 heteroatoms. The fourth-order valence-electron chi connectivity index (χ4n) is 3.27. The average molecular weight is 452 g/mol. The number of anilines is 2. The highest BCUT2D eigenvalue weighted by atomic mass is 35.5. The Morgan fingerprint density at radius 3 is 2.65 bits per heavy atom. The van der Waals surface area contributed by atoms with Crippen LogP contribution < -0.4 is 15.5 Å². The first kappa shape index (κ1) is 22.9. The molecule has 0 aliphatic carbocycles. The third-order valence-electron chi connectivity index (χ3n) is 4.91. The van der Waals surface area contributed by atoms with Gasteiger partial charge in [-0.15, -0.1) is 0 Å². The minimum Gasteiger partial charge on any atom is -0.353 e. The van der Waals surface area contributed by atoms with Crippen LogP contribution in [-0.4, -0.2) is 40.9 Å². The molecule has 1 aliphatic rings. The van der Waals surface area contributed by atoms with E-state index in [0.29, 0.717) is 42.4 Å². The number of carbonyl (C=O) groups excluding carboxylic acids is 2. The van der Waals surface area contributed by atoms with E-state index in [-0.39, 0.29) is 34.4 Å². The molecule has 166 valence electrons. The molecular weight excluding hydrogens is 428 g/mol. The molecule has 2 N–H and O–H groups in total. The van der Waals surface area contributed by atoms with E-state index in [1.165, 1.54) is 12.1 Å². The van der Waals surface area contributed by atoms with Crippen molar-refractivity contribution >= 4 is 35.1 Å². The van der Waals surface area contributed by atoms with Crippen LogP contribution >= 0.6 is 11.6 Å². The summed E-state index contributed by atoms with van der Waals surface area (Å²) in [6.07, 6.45) is -0.866. The Labute approximate surface area is 184 Å². The first-order valence-corrected chi connectivity index (χ1v) is 10.3. The molecule has 0 bridgehead atoms. The van der Waals surface area contributed by atoms with Crippen molar-refractivity contribution in [3.05, 3.63) is 46.2 Å². The number of hydrogen-bond donors (Lipinski definition) is 2. The lowest BCUT2D eigenvalue weighted by atomic mass is 10.1. The highest BCUT2D eigenvalue weighted by Gasteiger charge is 2.27. The van der Waals surface area contributed by atoms with Gasteiger partial charge in [-0.25, -0.2) is 18.7 Å². The van der Waals surface area contributed by atoms with Crippen molar-refractivity contribution in [3.63, 3.8) is 0 Å². The number of carbonyl (C=O) groups is 2. The first-order chi connectivity index (χ1) is 14.6. The van der Waals surface area contributed by atoms with Crippen LogP contribution in [0.4, 0.5) is 20.4 Å². The Balaban J connectivity index is 1.66. The maximum atomic E-state index is 12.8. The van der Waals surface area contributed by atoms with Gasteiger partial charge in [-0.2, -0.15) is 0 Å². The van der Waals surface area contributed by atoms with E-state index in [9.17, 15) is 18.4 Å². The van der Waals surface area contributed by atoms with Gasteiger partial charge in [0, 0.05) is 48.1 Å². The number of amides is 2. The van der Waals surface area contributed by atoms with Crippen LogP contribution in [0.2, 0.25) is 5.02 Å². The van der Waals surface area contributed by atoms with Crippen LogP contribution in [0.15, 0.2) is 24.4 Å². The summed E-state index contributed by atoms with van der Waals surface area (Å²) in [6.45, 7) is 6.32. The molecule has 7 nitrogen and oxygen atoms in total. The average Bonchev–Trinajstić information content (AvgIpc) is 3.15. The van der Waals surface area contributed by atoms with Crippen LogP contribution in [0, 0.1) is 12.8 Å². The van der Waals surface area contributed by atoms with E-state index in [1.807, 2.05) is 4.90 Å². The van der Waals surface area contributed by atoms with E-state index >= 15 is 0 Å². The van der Waals surface area contributed by atoms with Gasteiger partial charge in [0.2, 0.25) is 5.91 Å². The number of aryl methyl sites for hydroxylation is 1. The van der Waals surface area contributed by atoms with Crippen molar-refractivity contribution in [2.45, 2.75) is 39.7 Å². The normalized spacial score (nSPS) is 16.1. The van der Waals surface area contributed by atoms with Gasteiger partial charge in [0.05, 0.1) is 5.02 Å². The fraction of sp³-hybridized carbons (Fsp3) is 0.429. The molecule has 0 unspecified atom stereocenters. The van der Waals surface area contributed by atoms with Gasteiger partial charge in [-0.05, 0) is 31.5 Å². The third kappa shape index (κ3) is 5.66. The number of halogens is 3. The molecule has 0 radical (unpaired) electrons. The van der Waals surface area contributed by atoms with E-state index in [1.54, 1.807) is 26.8 Å². The molecule has 0 aromatic carbocycles. The first-order valence-electron chi connectivity index (χ1n) is 9.93. The van der Waals surface area contributed by atoms with Gasteiger partial charge < -0.3 is 15.5 Å². The molecule has 1 aliphatic heterocycles. The van der Waals surface area contributed by atoms with Crippen LogP contribution in [0.1, 0.15) is 48.3 Å². The third-order valence-corrected chi connectivity index (χ3v) is 5.19. The summed E-state index contributed by atoms with van der Waals surface area (Å²) in [5.74, 6) is 0.0649. The number of pyridine rings is 2. The topological polar surface area (TPSA) is 87.2 Å². The predicted molar refractivity (Wildman–Crippen MR) is 115 cm³/mol. The number of nitrogens with one attached hydrogen (secondary N) is 2. The molecule has 2 amide bonds. The van der Waals surface area contributed by atoms with Crippen molar-refractivity contribution in [1.29, 1.82) is 0 Å². The second-order valence-corrected chi connectivity index (χ2v) is 8.21. The quantitative estimate of drug-likeness (QED) is 0.693. The lowest BCUT2D eigenvalue weighted by Crippen LogP contribution is -2.37. The molecule has 0 spiro atoms.